The second-order valence-electron chi connectivity index (χ2n) is 5.31. The Morgan fingerprint density at radius 3 is 2.50 bits per heavy atom. The van der Waals surface area contributed by atoms with Gasteiger partial charge in [0.15, 0.2) is 0 Å². The van der Waals surface area contributed by atoms with Crippen LogP contribution in [0.1, 0.15) is 25.7 Å². The van der Waals surface area contributed by atoms with Crippen LogP contribution >= 0.6 is 0 Å². The average Bonchev–Trinajstić information content (AvgIpc) is 2.89. The van der Waals surface area contributed by atoms with E-state index in [0.717, 1.165) is 37.8 Å². The first-order chi connectivity index (χ1) is 9.38. The molecular formula is C13H18F2N2O2S. The predicted molar refractivity (Wildman–Crippen MR) is 71.5 cm³/mol. The molecule has 0 heterocycles. The van der Waals surface area contributed by atoms with Gasteiger partial charge >= 0.3 is 0 Å². The SMILES string of the molecule is NCC1(CNS(=O)(=O)c2cc(F)ccc2F)CCCC1. The first-order valence-electron chi connectivity index (χ1n) is 6.53. The van der Waals surface area contributed by atoms with Gasteiger partial charge in [0.25, 0.3) is 0 Å². The minimum Gasteiger partial charge on any atom is -0.330 e. The molecule has 20 heavy (non-hydrogen) atoms. The first-order valence-corrected chi connectivity index (χ1v) is 8.02. The van der Waals surface area contributed by atoms with Gasteiger partial charge in [-0.3, -0.25) is 0 Å². The van der Waals surface area contributed by atoms with Gasteiger partial charge < -0.3 is 5.73 Å². The lowest BCUT2D eigenvalue weighted by Crippen LogP contribution is -2.40. The number of nitrogens with one attached hydrogen (secondary N) is 1. The van der Waals surface area contributed by atoms with Crippen molar-refractivity contribution in [3.63, 3.8) is 0 Å². The molecule has 2 rings (SSSR count). The Balaban J connectivity index is 2.17. The number of benzene rings is 1. The maximum Gasteiger partial charge on any atom is 0.243 e. The number of rotatable bonds is 5. The molecule has 0 bridgehead atoms. The molecule has 3 N–H and O–H groups in total. The second kappa shape index (κ2) is 5.75. The number of hydrogen-bond acceptors (Lipinski definition) is 3. The van der Waals surface area contributed by atoms with Gasteiger partial charge in [-0.2, -0.15) is 0 Å². The fourth-order valence-electron chi connectivity index (χ4n) is 2.59. The van der Waals surface area contributed by atoms with Crippen LogP contribution in [0.3, 0.4) is 0 Å². The number of hydrogen-bond donors (Lipinski definition) is 2. The van der Waals surface area contributed by atoms with Crippen molar-refractivity contribution < 1.29 is 17.2 Å². The Bertz CT molecular complexity index is 584. The van der Waals surface area contributed by atoms with E-state index in [-0.39, 0.29) is 12.0 Å². The summed E-state index contributed by atoms with van der Waals surface area (Å²) in [5.74, 6) is -1.76. The van der Waals surface area contributed by atoms with Gasteiger partial charge in [0.05, 0.1) is 0 Å². The summed E-state index contributed by atoms with van der Waals surface area (Å²) in [4.78, 5) is -0.664. The molecule has 0 amide bonds. The lowest BCUT2D eigenvalue weighted by atomic mass is 9.87. The summed E-state index contributed by atoms with van der Waals surface area (Å²) < 4.78 is 53.1. The molecule has 0 spiro atoms. The number of sulfonamides is 1. The van der Waals surface area contributed by atoms with E-state index in [9.17, 15) is 17.2 Å². The quantitative estimate of drug-likeness (QED) is 0.870. The third-order valence-corrected chi connectivity index (χ3v) is 5.33. The van der Waals surface area contributed by atoms with E-state index in [4.69, 9.17) is 5.73 Å². The molecule has 0 aliphatic heterocycles. The fraction of sp³-hybridized carbons (Fsp3) is 0.538. The van der Waals surface area contributed by atoms with E-state index in [1.165, 1.54) is 0 Å². The summed E-state index contributed by atoms with van der Waals surface area (Å²) in [6.45, 7) is 0.531. The predicted octanol–water partition coefficient (Wildman–Crippen LogP) is 1.76. The van der Waals surface area contributed by atoms with Crippen LogP contribution in [-0.4, -0.2) is 21.5 Å². The third-order valence-electron chi connectivity index (χ3n) is 3.92. The minimum atomic E-state index is -4.07. The van der Waals surface area contributed by atoms with E-state index in [2.05, 4.69) is 4.72 Å². The van der Waals surface area contributed by atoms with E-state index < -0.39 is 26.6 Å². The molecule has 1 saturated carbocycles. The highest BCUT2D eigenvalue weighted by Gasteiger charge is 2.34. The molecule has 0 radical (unpaired) electrons. The van der Waals surface area contributed by atoms with Gasteiger partial charge in [0.1, 0.15) is 16.5 Å². The van der Waals surface area contributed by atoms with Crippen LogP contribution in [0, 0.1) is 17.0 Å². The van der Waals surface area contributed by atoms with Crippen LogP contribution in [-0.2, 0) is 10.0 Å². The van der Waals surface area contributed by atoms with E-state index >= 15 is 0 Å². The Labute approximate surface area is 117 Å². The highest BCUT2D eigenvalue weighted by atomic mass is 32.2. The Morgan fingerprint density at radius 2 is 1.90 bits per heavy atom. The van der Waals surface area contributed by atoms with Crippen LogP contribution in [0.4, 0.5) is 8.78 Å². The molecular weight excluding hydrogens is 286 g/mol. The normalized spacial score (nSPS) is 18.4. The standard InChI is InChI=1S/C13H18F2N2O2S/c14-10-3-4-11(15)12(7-10)20(18,19)17-9-13(8-16)5-1-2-6-13/h3-4,7,17H,1-2,5-6,8-9,16H2. The Hall–Kier alpha value is -1.05. The molecule has 1 aromatic carbocycles. The van der Waals surface area contributed by atoms with Gasteiger partial charge in [0.2, 0.25) is 10.0 Å². The average molecular weight is 304 g/mol. The second-order valence-corrected chi connectivity index (χ2v) is 7.05. The summed E-state index contributed by atoms with van der Waals surface area (Å²) in [5, 5.41) is 0. The topological polar surface area (TPSA) is 72.2 Å². The van der Waals surface area contributed by atoms with Crippen molar-refractivity contribution in [3.8, 4) is 0 Å². The van der Waals surface area contributed by atoms with Crippen LogP contribution in [0.5, 0.6) is 0 Å². The van der Waals surface area contributed by atoms with Crippen LogP contribution < -0.4 is 10.5 Å². The Morgan fingerprint density at radius 1 is 1.25 bits per heavy atom. The van der Waals surface area contributed by atoms with Crippen molar-refractivity contribution in [3.05, 3.63) is 29.8 Å². The Kier molecular flexibility index (Phi) is 4.41. The maximum atomic E-state index is 13.5. The number of nitrogens with two attached hydrogens (primary N) is 1. The van der Waals surface area contributed by atoms with Crippen molar-refractivity contribution in [1.82, 2.24) is 4.72 Å². The fourth-order valence-corrected chi connectivity index (χ4v) is 3.83. The highest BCUT2D eigenvalue weighted by Crippen LogP contribution is 2.36. The minimum absolute atomic E-state index is 0.155. The largest absolute Gasteiger partial charge is 0.330 e. The molecule has 0 aromatic heterocycles. The van der Waals surface area contributed by atoms with Gasteiger partial charge in [-0.25, -0.2) is 21.9 Å². The molecule has 1 fully saturated rings. The van der Waals surface area contributed by atoms with Crippen molar-refractivity contribution in [1.29, 1.82) is 0 Å². The maximum absolute atomic E-state index is 13.5. The van der Waals surface area contributed by atoms with Gasteiger partial charge in [-0.05, 0) is 43.0 Å². The first kappa shape index (κ1) is 15.3. The van der Waals surface area contributed by atoms with Crippen molar-refractivity contribution in [2.45, 2.75) is 30.6 Å². The lowest BCUT2D eigenvalue weighted by molar-refractivity contribution is 0.309. The molecule has 1 aliphatic rings. The van der Waals surface area contributed by atoms with Gasteiger partial charge in [-0.15, -0.1) is 0 Å². The van der Waals surface area contributed by atoms with E-state index in [1.807, 2.05) is 0 Å². The smallest absolute Gasteiger partial charge is 0.243 e. The highest BCUT2D eigenvalue weighted by molar-refractivity contribution is 7.89. The summed E-state index contributed by atoms with van der Waals surface area (Å²) in [6.07, 6.45) is 3.70. The summed E-state index contributed by atoms with van der Waals surface area (Å²) >= 11 is 0. The van der Waals surface area contributed by atoms with Gasteiger partial charge in [0, 0.05) is 6.54 Å². The summed E-state index contributed by atoms with van der Waals surface area (Å²) in [6, 6.07) is 2.37. The van der Waals surface area contributed by atoms with E-state index in [1.54, 1.807) is 0 Å². The van der Waals surface area contributed by atoms with Crippen molar-refractivity contribution >= 4 is 10.0 Å². The molecule has 1 aliphatic carbocycles. The third kappa shape index (κ3) is 3.16. The molecule has 112 valence electrons. The molecule has 1 aromatic rings. The van der Waals surface area contributed by atoms with Crippen molar-refractivity contribution in [2.75, 3.05) is 13.1 Å². The number of halogens is 2. The van der Waals surface area contributed by atoms with Crippen molar-refractivity contribution in [2.24, 2.45) is 11.1 Å². The van der Waals surface area contributed by atoms with Crippen LogP contribution in [0.15, 0.2) is 23.1 Å². The zero-order chi connectivity index (χ0) is 14.8. The summed E-state index contributed by atoms with van der Waals surface area (Å²) in [7, 11) is -4.07. The van der Waals surface area contributed by atoms with E-state index in [0.29, 0.717) is 12.6 Å². The zero-order valence-corrected chi connectivity index (χ0v) is 11.8. The lowest BCUT2D eigenvalue weighted by Gasteiger charge is -2.27. The molecule has 0 unspecified atom stereocenters. The van der Waals surface area contributed by atoms with Gasteiger partial charge in [-0.1, -0.05) is 12.8 Å². The zero-order valence-electron chi connectivity index (χ0n) is 11.0. The van der Waals surface area contributed by atoms with Crippen LogP contribution in [0.2, 0.25) is 0 Å². The van der Waals surface area contributed by atoms with Crippen LogP contribution in [0.25, 0.3) is 0 Å². The molecule has 4 nitrogen and oxygen atoms in total. The summed E-state index contributed by atoms with van der Waals surface area (Å²) in [5.41, 5.74) is 5.45. The molecule has 0 atom stereocenters. The monoisotopic (exact) mass is 304 g/mol. The molecule has 0 saturated heterocycles. The molecule has 7 heteroatoms.